The van der Waals surface area contributed by atoms with Crippen LogP contribution in [0.2, 0.25) is 0 Å². The van der Waals surface area contributed by atoms with Crippen molar-refractivity contribution in [3.05, 3.63) is 58.9 Å². The molecule has 0 bridgehead atoms. The molecule has 0 heterocycles. The maximum Gasteiger partial charge on any atom is 0.215 e. The Balaban J connectivity index is 3.00. The van der Waals surface area contributed by atoms with Crippen molar-refractivity contribution in [3.8, 4) is 0 Å². The molecule has 0 atom stereocenters. The molecule has 0 aliphatic heterocycles. The molecule has 2 aromatic rings. The van der Waals surface area contributed by atoms with E-state index in [-0.39, 0.29) is 17.7 Å². The van der Waals surface area contributed by atoms with Crippen LogP contribution in [0, 0.1) is 36.0 Å². The van der Waals surface area contributed by atoms with Crippen molar-refractivity contribution in [1.29, 1.82) is 0 Å². The standard InChI is InChI=1S/C13H7F9S/c1-6-2-4-7(5-3-6)23(19,20,21,22)13-11(17)9(15)8(14)10(16)12(13)18/h2-5H,1H3. The molecule has 0 spiro atoms. The average molecular weight is 366 g/mol. The van der Waals surface area contributed by atoms with Gasteiger partial charge in [0.2, 0.25) is 15.7 Å². The monoisotopic (exact) mass is 366 g/mol. The number of rotatable bonds is 2. The Morgan fingerprint density at radius 2 is 0.957 bits per heavy atom. The van der Waals surface area contributed by atoms with Gasteiger partial charge in [-0.15, -0.1) is 15.5 Å². The Labute approximate surface area is 124 Å². The molecule has 0 amide bonds. The Kier molecular flexibility index (Phi) is 3.33. The second kappa shape index (κ2) is 4.37. The summed E-state index contributed by atoms with van der Waals surface area (Å²) in [6.45, 7) is 1.36. The average Bonchev–Trinajstić information content (AvgIpc) is 2.42. The first-order valence-electron chi connectivity index (χ1n) is 5.79. The molecule has 0 N–H and O–H groups in total. The van der Waals surface area contributed by atoms with Crippen LogP contribution in [0.15, 0.2) is 34.1 Å². The van der Waals surface area contributed by atoms with E-state index in [1.54, 1.807) is 0 Å². The summed E-state index contributed by atoms with van der Waals surface area (Å²) >= 11 is 0. The van der Waals surface area contributed by atoms with Crippen LogP contribution in [0.25, 0.3) is 0 Å². The van der Waals surface area contributed by atoms with Gasteiger partial charge in [0.05, 0.1) is 4.90 Å². The maximum absolute atomic E-state index is 14.3. The fourth-order valence-corrected chi connectivity index (χ4v) is 3.69. The van der Waals surface area contributed by atoms with Crippen molar-refractivity contribution in [3.63, 3.8) is 0 Å². The van der Waals surface area contributed by atoms with Gasteiger partial charge in [-0.25, -0.2) is 22.0 Å². The van der Waals surface area contributed by atoms with Crippen molar-refractivity contribution in [2.75, 3.05) is 0 Å². The third-order valence-corrected chi connectivity index (χ3v) is 5.48. The van der Waals surface area contributed by atoms with Crippen LogP contribution in [-0.4, -0.2) is 0 Å². The van der Waals surface area contributed by atoms with Crippen LogP contribution in [0.3, 0.4) is 0 Å². The lowest BCUT2D eigenvalue weighted by Gasteiger charge is -2.50. The summed E-state index contributed by atoms with van der Waals surface area (Å²) < 4.78 is 123. The smallest absolute Gasteiger partial charge is 0.202 e. The molecular weight excluding hydrogens is 359 g/mol. The van der Waals surface area contributed by atoms with Crippen LogP contribution in [0.5, 0.6) is 0 Å². The predicted molar refractivity (Wildman–Crippen MR) is 66.0 cm³/mol. The van der Waals surface area contributed by atoms with E-state index in [0.717, 1.165) is 12.1 Å². The molecule has 0 aliphatic rings. The highest BCUT2D eigenvalue weighted by Gasteiger charge is 2.70. The minimum absolute atomic E-state index is 0.176. The van der Waals surface area contributed by atoms with Crippen molar-refractivity contribution < 1.29 is 37.5 Å². The lowest BCUT2D eigenvalue weighted by atomic mass is 10.2. The van der Waals surface area contributed by atoms with Gasteiger partial charge in [0, 0.05) is 0 Å². The zero-order valence-electron chi connectivity index (χ0n) is 11.1. The van der Waals surface area contributed by atoms with Crippen LogP contribution in [0.1, 0.15) is 5.56 Å². The molecule has 10 heteroatoms. The van der Waals surface area contributed by atoms with Crippen LogP contribution >= 0.6 is 9.84 Å². The highest BCUT2D eigenvalue weighted by molar-refractivity contribution is 8.49. The van der Waals surface area contributed by atoms with Gasteiger partial charge in [-0.3, -0.25) is 0 Å². The fourth-order valence-electron chi connectivity index (χ4n) is 1.88. The van der Waals surface area contributed by atoms with E-state index in [2.05, 4.69) is 0 Å². The number of aryl methyl sites for hydroxylation is 1. The van der Waals surface area contributed by atoms with Crippen LogP contribution in [0.4, 0.5) is 37.5 Å². The molecule has 23 heavy (non-hydrogen) atoms. The molecule has 0 saturated heterocycles. The Hall–Kier alpha value is -1.84. The second-order valence-corrected chi connectivity index (χ2v) is 7.80. The zero-order valence-corrected chi connectivity index (χ0v) is 11.9. The molecule has 128 valence electrons. The lowest BCUT2D eigenvalue weighted by molar-refractivity contribution is 0.338. The summed E-state index contributed by atoms with van der Waals surface area (Å²) in [6, 6.07) is 1.93. The molecule has 2 rings (SSSR count). The molecule has 0 fully saturated rings. The van der Waals surface area contributed by atoms with E-state index in [0.29, 0.717) is 0 Å². The SMILES string of the molecule is Cc1ccc(S(F)(F)(F)(F)c2c(F)c(F)c(F)c(F)c2F)cc1. The van der Waals surface area contributed by atoms with E-state index >= 15 is 0 Å². The summed E-state index contributed by atoms with van der Waals surface area (Å²) in [4.78, 5) is -5.54. The van der Waals surface area contributed by atoms with Gasteiger partial charge in [-0.2, -0.15) is 0 Å². The fraction of sp³-hybridized carbons (Fsp3) is 0.0769. The Morgan fingerprint density at radius 1 is 0.609 bits per heavy atom. The third kappa shape index (κ3) is 2.44. The first-order chi connectivity index (χ1) is 10.2. The molecule has 0 saturated carbocycles. The van der Waals surface area contributed by atoms with Gasteiger partial charge in [0.15, 0.2) is 28.2 Å². The van der Waals surface area contributed by atoms with E-state index in [4.69, 9.17) is 0 Å². The van der Waals surface area contributed by atoms with Gasteiger partial charge >= 0.3 is 0 Å². The molecule has 2 aromatic carbocycles. The minimum atomic E-state index is -10.00. The second-order valence-electron chi connectivity index (χ2n) is 4.78. The molecule has 0 radical (unpaired) electrons. The van der Waals surface area contributed by atoms with Crippen LogP contribution < -0.4 is 0 Å². The Morgan fingerprint density at radius 3 is 1.35 bits per heavy atom. The normalized spacial score (nSPS) is 15.2. The summed E-state index contributed by atoms with van der Waals surface area (Å²) in [5.74, 6) is -15.1. The predicted octanol–water partition coefficient (Wildman–Crippen LogP) is 6.52. The highest BCUT2D eigenvalue weighted by Crippen LogP contribution is 3.05. The number of hydrogen-bond acceptors (Lipinski definition) is 0. The summed E-state index contributed by atoms with van der Waals surface area (Å²) in [7, 11) is -10.00. The van der Waals surface area contributed by atoms with Gasteiger partial charge in [0.1, 0.15) is 0 Å². The molecule has 0 aliphatic carbocycles. The third-order valence-electron chi connectivity index (χ3n) is 3.08. The zero-order chi connectivity index (χ0) is 17.9. The van der Waals surface area contributed by atoms with Crippen molar-refractivity contribution >= 4 is 9.84 Å². The molecule has 0 aromatic heterocycles. The first-order valence-corrected chi connectivity index (χ1v) is 7.84. The number of hydrogen-bond donors (Lipinski definition) is 0. The minimum Gasteiger partial charge on any atom is -0.202 e. The molecule has 0 nitrogen and oxygen atoms in total. The molecular formula is C13H7F9S. The van der Waals surface area contributed by atoms with Gasteiger partial charge in [-0.1, -0.05) is 17.7 Å². The van der Waals surface area contributed by atoms with Crippen molar-refractivity contribution in [1.82, 2.24) is 0 Å². The topological polar surface area (TPSA) is 0 Å². The van der Waals surface area contributed by atoms with Crippen molar-refractivity contribution in [2.45, 2.75) is 16.7 Å². The van der Waals surface area contributed by atoms with E-state index in [1.165, 1.54) is 6.92 Å². The van der Waals surface area contributed by atoms with Gasteiger partial charge < -0.3 is 0 Å². The van der Waals surface area contributed by atoms with Gasteiger partial charge in [0.25, 0.3) is 0 Å². The number of halogens is 9. The van der Waals surface area contributed by atoms with Crippen LogP contribution in [-0.2, 0) is 0 Å². The quantitative estimate of drug-likeness (QED) is 0.322. The maximum atomic E-state index is 14.3. The molecule has 0 unspecified atom stereocenters. The van der Waals surface area contributed by atoms with Crippen molar-refractivity contribution in [2.24, 2.45) is 0 Å². The van der Waals surface area contributed by atoms with E-state index in [1.807, 2.05) is 0 Å². The Bertz CT molecular complexity index is 776. The van der Waals surface area contributed by atoms with E-state index < -0.39 is 48.7 Å². The summed E-state index contributed by atoms with van der Waals surface area (Å²) in [5.41, 5.74) is 0.263. The number of benzene rings is 2. The first kappa shape index (κ1) is 17.5. The highest BCUT2D eigenvalue weighted by atomic mass is 32.5. The largest absolute Gasteiger partial charge is 0.215 e. The lowest BCUT2D eigenvalue weighted by Crippen LogP contribution is -2.21. The summed E-state index contributed by atoms with van der Waals surface area (Å²) in [6.07, 6.45) is 0. The van der Waals surface area contributed by atoms with E-state index in [9.17, 15) is 37.5 Å². The van der Waals surface area contributed by atoms with Gasteiger partial charge in [-0.05, 0) is 19.1 Å². The summed E-state index contributed by atoms with van der Waals surface area (Å²) in [5, 5.41) is 0.